The first-order chi connectivity index (χ1) is 12.0. The largest absolute Gasteiger partial charge is 0.338 e. The summed E-state index contributed by atoms with van der Waals surface area (Å²) in [5, 5.41) is 5.00. The van der Waals surface area contributed by atoms with Gasteiger partial charge < -0.3 is 10.6 Å². The first-order valence-corrected chi connectivity index (χ1v) is 7.13. The molecule has 3 rings (SSSR count). The van der Waals surface area contributed by atoms with Crippen molar-refractivity contribution in [2.45, 2.75) is 0 Å². The maximum atomic E-state index is 13.7. The van der Waals surface area contributed by atoms with Crippen molar-refractivity contribution in [1.82, 2.24) is 9.97 Å². The third-order valence-corrected chi connectivity index (χ3v) is 3.22. The van der Waals surface area contributed by atoms with Gasteiger partial charge in [-0.2, -0.15) is 0 Å². The van der Waals surface area contributed by atoms with Gasteiger partial charge >= 0.3 is 0 Å². The molecule has 0 atom stereocenters. The highest BCUT2D eigenvalue weighted by Gasteiger charge is 2.12. The lowest BCUT2D eigenvalue weighted by Crippen LogP contribution is -2.15. The summed E-state index contributed by atoms with van der Waals surface area (Å²) in [6.45, 7) is 0. The summed E-state index contributed by atoms with van der Waals surface area (Å²) in [5.41, 5.74) is -0.0611. The van der Waals surface area contributed by atoms with E-state index in [2.05, 4.69) is 20.6 Å². The molecule has 2 aromatic carbocycles. The molecule has 0 unspecified atom stereocenters. The number of anilines is 3. The van der Waals surface area contributed by atoms with Crippen molar-refractivity contribution in [3.63, 3.8) is 0 Å². The molecule has 0 saturated carbocycles. The Balaban J connectivity index is 1.79. The topological polar surface area (TPSA) is 66.9 Å². The smallest absolute Gasteiger partial charge is 0.274 e. The predicted octanol–water partition coefficient (Wildman–Crippen LogP) is 3.89. The fourth-order valence-corrected chi connectivity index (χ4v) is 2.03. The zero-order valence-corrected chi connectivity index (χ0v) is 12.6. The van der Waals surface area contributed by atoms with Gasteiger partial charge in [-0.1, -0.05) is 12.1 Å². The first kappa shape index (κ1) is 16.4. The van der Waals surface area contributed by atoms with E-state index in [0.717, 1.165) is 18.5 Å². The normalized spacial score (nSPS) is 10.4. The summed E-state index contributed by atoms with van der Waals surface area (Å²) in [4.78, 5) is 19.8. The van der Waals surface area contributed by atoms with Crippen LogP contribution in [0.4, 0.5) is 30.4 Å². The number of hydrogen-bond donors (Lipinski definition) is 2. The van der Waals surface area contributed by atoms with Crippen LogP contribution in [0.25, 0.3) is 0 Å². The first-order valence-electron chi connectivity index (χ1n) is 7.13. The van der Waals surface area contributed by atoms with E-state index in [1.54, 1.807) is 6.07 Å². The Bertz CT molecular complexity index is 933. The SMILES string of the molecule is O=C(Nc1ccccc1F)c1cc(Nc2ccc(F)cc2F)ncn1. The number of hydrogen-bond acceptors (Lipinski definition) is 4. The summed E-state index contributed by atoms with van der Waals surface area (Å²) in [6, 6.07) is 9.94. The lowest BCUT2D eigenvalue weighted by molar-refractivity contribution is 0.102. The van der Waals surface area contributed by atoms with Crippen molar-refractivity contribution in [2.75, 3.05) is 10.6 Å². The molecule has 0 bridgehead atoms. The van der Waals surface area contributed by atoms with E-state index in [-0.39, 0.29) is 22.9 Å². The molecule has 25 heavy (non-hydrogen) atoms. The molecule has 0 fully saturated rings. The maximum Gasteiger partial charge on any atom is 0.274 e. The molecule has 1 aromatic heterocycles. The highest BCUT2D eigenvalue weighted by molar-refractivity contribution is 6.03. The number of halogens is 3. The summed E-state index contributed by atoms with van der Waals surface area (Å²) < 4.78 is 40.2. The van der Waals surface area contributed by atoms with E-state index in [0.29, 0.717) is 0 Å². The Morgan fingerprint density at radius 1 is 0.880 bits per heavy atom. The van der Waals surface area contributed by atoms with Crippen LogP contribution in [-0.4, -0.2) is 15.9 Å². The van der Waals surface area contributed by atoms with Crippen molar-refractivity contribution < 1.29 is 18.0 Å². The van der Waals surface area contributed by atoms with Gasteiger partial charge in [0.05, 0.1) is 11.4 Å². The molecule has 1 amide bonds. The number of amides is 1. The lowest BCUT2D eigenvalue weighted by atomic mass is 10.2. The molecule has 0 aliphatic rings. The molecule has 3 aromatic rings. The second kappa shape index (κ2) is 7.00. The third-order valence-electron chi connectivity index (χ3n) is 3.22. The van der Waals surface area contributed by atoms with E-state index in [1.165, 1.54) is 30.3 Å². The predicted molar refractivity (Wildman–Crippen MR) is 86.0 cm³/mol. The fourth-order valence-electron chi connectivity index (χ4n) is 2.03. The Labute approximate surface area is 140 Å². The van der Waals surface area contributed by atoms with Gasteiger partial charge in [0.1, 0.15) is 35.3 Å². The van der Waals surface area contributed by atoms with E-state index in [9.17, 15) is 18.0 Å². The number of carbonyl (C=O) groups is 1. The van der Waals surface area contributed by atoms with Crippen LogP contribution in [0.3, 0.4) is 0 Å². The lowest BCUT2D eigenvalue weighted by Gasteiger charge is -2.09. The molecule has 0 saturated heterocycles. The number of para-hydroxylation sites is 1. The molecule has 0 aliphatic carbocycles. The van der Waals surface area contributed by atoms with E-state index in [1.807, 2.05) is 0 Å². The third kappa shape index (κ3) is 3.92. The molecular formula is C17H11F3N4O. The van der Waals surface area contributed by atoms with Crippen LogP contribution in [0.15, 0.2) is 54.9 Å². The molecule has 126 valence electrons. The van der Waals surface area contributed by atoms with Gasteiger partial charge in [-0.05, 0) is 24.3 Å². The Morgan fingerprint density at radius 2 is 1.68 bits per heavy atom. The van der Waals surface area contributed by atoms with Gasteiger partial charge in [0.2, 0.25) is 0 Å². The maximum absolute atomic E-state index is 13.7. The van der Waals surface area contributed by atoms with Crippen LogP contribution in [0, 0.1) is 17.5 Å². The minimum absolute atomic E-state index is 0.00482. The number of nitrogens with one attached hydrogen (secondary N) is 2. The highest BCUT2D eigenvalue weighted by atomic mass is 19.1. The van der Waals surface area contributed by atoms with Gasteiger partial charge in [0.25, 0.3) is 5.91 Å². The van der Waals surface area contributed by atoms with Crippen molar-refractivity contribution in [1.29, 1.82) is 0 Å². The van der Waals surface area contributed by atoms with Crippen molar-refractivity contribution in [3.05, 3.63) is 78.0 Å². The Hall–Kier alpha value is -3.42. The average Bonchev–Trinajstić information content (AvgIpc) is 2.60. The molecule has 8 heteroatoms. The standard InChI is InChI=1S/C17H11F3N4O/c18-10-5-6-14(12(20)7-10)23-16-8-15(21-9-22-16)17(25)24-13-4-2-1-3-11(13)19/h1-9H,(H,24,25)(H,21,22,23). The number of carbonyl (C=O) groups excluding carboxylic acids is 1. The summed E-state index contributed by atoms with van der Waals surface area (Å²) in [6.07, 6.45) is 1.10. The van der Waals surface area contributed by atoms with Crippen molar-refractivity contribution in [3.8, 4) is 0 Å². The zero-order chi connectivity index (χ0) is 17.8. The van der Waals surface area contributed by atoms with Crippen LogP contribution in [-0.2, 0) is 0 Å². The van der Waals surface area contributed by atoms with E-state index < -0.39 is 23.4 Å². The highest BCUT2D eigenvalue weighted by Crippen LogP contribution is 2.20. The molecule has 5 nitrogen and oxygen atoms in total. The van der Waals surface area contributed by atoms with Gasteiger partial charge in [-0.15, -0.1) is 0 Å². The average molecular weight is 344 g/mol. The number of benzene rings is 2. The molecule has 0 spiro atoms. The van der Waals surface area contributed by atoms with E-state index >= 15 is 0 Å². The molecule has 1 heterocycles. The minimum Gasteiger partial charge on any atom is -0.338 e. The van der Waals surface area contributed by atoms with Crippen molar-refractivity contribution in [2.24, 2.45) is 0 Å². The second-order valence-corrected chi connectivity index (χ2v) is 4.97. The monoisotopic (exact) mass is 344 g/mol. The van der Waals surface area contributed by atoms with Crippen LogP contribution >= 0.6 is 0 Å². The zero-order valence-electron chi connectivity index (χ0n) is 12.6. The Kier molecular flexibility index (Phi) is 4.60. The number of aromatic nitrogens is 2. The van der Waals surface area contributed by atoms with Crippen LogP contribution in [0.2, 0.25) is 0 Å². The fraction of sp³-hybridized carbons (Fsp3) is 0. The quantitative estimate of drug-likeness (QED) is 0.753. The summed E-state index contributed by atoms with van der Waals surface area (Å²) >= 11 is 0. The van der Waals surface area contributed by atoms with Crippen molar-refractivity contribution >= 4 is 23.1 Å². The van der Waals surface area contributed by atoms with Crippen LogP contribution in [0.1, 0.15) is 10.5 Å². The summed E-state index contributed by atoms with van der Waals surface area (Å²) in [5.74, 6) is -2.64. The minimum atomic E-state index is -0.809. The number of rotatable bonds is 4. The Morgan fingerprint density at radius 3 is 2.44 bits per heavy atom. The molecule has 0 radical (unpaired) electrons. The molecular weight excluding hydrogens is 333 g/mol. The van der Waals surface area contributed by atoms with Gasteiger partial charge in [-0.3, -0.25) is 4.79 Å². The molecule has 0 aliphatic heterocycles. The summed E-state index contributed by atoms with van der Waals surface area (Å²) in [7, 11) is 0. The van der Waals surface area contributed by atoms with Crippen LogP contribution < -0.4 is 10.6 Å². The number of nitrogens with zero attached hydrogens (tertiary/aromatic N) is 2. The van der Waals surface area contributed by atoms with E-state index in [4.69, 9.17) is 0 Å². The second-order valence-electron chi connectivity index (χ2n) is 4.97. The van der Waals surface area contributed by atoms with Gasteiger partial charge in [0, 0.05) is 12.1 Å². The van der Waals surface area contributed by atoms with Gasteiger partial charge in [0.15, 0.2) is 0 Å². The van der Waals surface area contributed by atoms with Crippen LogP contribution in [0.5, 0.6) is 0 Å². The van der Waals surface area contributed by atoms with Gasteiger partial charge in [-0.25, -0.2) is 23.1 Å². The molecule has 2 N–H and O–H groups in total.